The van der Waals surface area contributed by atoms with Gasteiger partial charge in [0.2, 0.25) is 5.69 Å². The van der Waals surface area contributed by atoms with Crippen molar-refractivity contribution in [1.29, 1.82) is 26.3 Å². The van der Waals surface area contributed by atoms with E-state index in [-0.39, 0.29) is 90.7 Å². The predicted octanol–water partition coefficient (Wildman–Crippen LogP) is 5.20. The van der Waals surface area contributed by atoms with Crippen LogP contribution in [0, 0.1) is 89.5 Å². The molecule has 0 unspecified atom stereocenters. The van der Waals surface area contributed by atoms with E-state index < -0.39 is 0 Å². The van der Waals surface area contributed by atoms with Gasteiger partial charge >= 0.3 is 0 Å². The van der Waals surface area contributed by atoms with E-state index in [0.717, 1.165) is 0 Å². The zero-order chi connectivity index (χ0) is 30.3. The van der Waals surface area contributed by atoms with Gasteiger partial charge in [0.05, 0.1) is 61.7 Å². The molecule has 2 aliphatic carbocycles. The monoisotopic (exact) mass is 530 g/mol. The van der Waals surface area contributed by atoms with Crippen molar-refractivity contribution in [1.82, 2.24) is 0 Å². The molecule has 0 bridgehead atoms. The van der Waals surface area contributed by atoms with E-state index in [9.17, 15) is 26.3 Å². The molecule has 0 aromatic heterocycles. The molecule has 0 N–H and O–H groups in total. The summed E-state index contributed by atoms with van der Waals surface area (Å²) in [6.45, 7) is 38.7. The average Bonchev–Trinajstić information content (AvgIpc) is 3.59. The van der Waals surface area contributed by atoms with Crippen molar-refractivity contribution in [3.63, 3.8) is 0 Å². The molecule has 0 heterocycles. The Morgan fingerprint density at radius 2 is 1.12 bits per heavy atom. The van der Waals surface area contributed by atoms with Crippen LogP contribution in [0.25, 0.3) is 57.9 Å². The summed E-state index contributed by atoms with van der Waals surface area (Å²) < 4.78 is 0. The topological polar surface area (TPSA) is 141 Å². The van der Waals surface area contributed by atoms with E-state index in [1.807, 2.05) is 30.3 Å². The Balaban J connectivity index is 2.21. The quantitative estimate of drug-likeness (QED) is 0.253. The van der Waals surface area contributed by atoms with Crippen LogP contribution in [-0.2, 0) is 12.8 Å². The maximum Gasteiger partial charge on any atom is 0.269 e. The predicted molar refractivity (Wildman–Crippen MR) is 146 cm³/mol. The van der Waals surface area contributed by atoms with Crippen molar-refractivity contribution < 1.29 is 0 Å². The molecule has 0 saturated carbocycles. The summed E-state index contributed by atoms with van der Waals surface area (Å²) in [5.74, 6) is 0. The third kappa shape index (κ3) is 3.15. The highest BCUT2D eigenvalue weighted by atomic mass is 14.8. The normalized spacial score (nSPS) is 12.1. The summed E-state index contributed by atoms with van der Waals surface area (Å²) in [7, 11) is 0. The Morgan fingerprint density at radius 3 is 1.55 bits per heavy atom. The van der Waals surface area contributed by atoms with Gasteiger partial charge in [0, 0.05) is 16.0 Å². The summed E-state index contributed by atoms with van der Waals surface area (Å²) in [5, 5.41) is 50.0. The molecule has 0 aliphatic heterocycles. The highest BCUT2D eigenvalue weighted by Crippen LogP contribution is 2.52. The zero-order valence-corrected chi connectivity index (χ0v) is 21.0. The first-order valence-corrected chi connectivity index (χ1v) is 11.7. The van der Waals surface area contributed by atoms with E-state index in [1.165, 1.54) is 12.1 Å². The summed E-state index contributed by atoms with van der Waals surface area (Å²) in [6, 6.07) is 12.5. The van der Waals surface area contributed by atoms with E-state index in [2.05, 4.69) is 24.2 Å². The second kappa shape index (κ2) is 9.55. The molecule has 3 aromatic rings. The van der Waals surface area contributed by atoms with Crippen LogP contribution < -0.4 is 10.4 Å². The van der Waals surface area contributed by atoms with Crippen LogP contribution in [0.4, 0.5) is 17.1 Å². The highest BCUT2D eigenvalue weighted by Gasteiger charge is 2.36. The van der Waals surface area contributed by atoms with Crippen LogP contribution in [0.3, 0.4) is 0 Å². The maximum absolute atomic E-state index is 10.2. The molecule has 5 rings (SSSR count). The molecule has 184 valence electrons. The van der Waals surface area contributed by atoms with Crippen LogP contribution >= 0.6 is 0 Å². The van der Waals surface area contributed by atoms with Gasteiger partial charge in [0.15, 0.2) is 11.4 Å². The first-order chi connectivity index (χ1) is 20.4. The second-order valence-corrected chi connectivity index (χ2v) is 8.96. The number of benzene rings is 3. The van der Waals surface area contributed by atoms with Gasteiger partial charge in [-0.25, -0.2) is 20.2 Å². The molecule has 0 spiro atoms. The SMILES string of the molecule is [C-]#[N+]/C(C#N)=c1/c2c(/c(=C(\C#N)[N+]#[C-])c3c1-c1c(cc([N+]#[C-])c([N+]#[C-])c1[N+]#[C-])C3)-c1c(cc(C#N)c(C#N)c1C#N)C2. The highest BCUT2D eigenvalue weighted by molar-refractivity contribution is 6.03. The Labute approximate surface area is 238 Å². The standard InChI is InChI=1S/C32H6N10/c1-38-22-9-16-8-19-27(23(13-36)39-2)29-18(7-15-6-17(10-33)20(11-34)21(12-35)25(15)29)28(24(14-37)40-3)30(19)26(16)32(42-5)31(22)41-4/h6,9H,7-8H2/b27-23+,28-24-. The van der Waals surface area contributed by atoms with Gasteiger partial charge in [-0.3, -0.25) is 14.5 Å². The first kappa shape index (κ1) is 25.9. The number of hydrogen-bond donors (Lipinski definition) is 0. The van der Waals surface area contributed by atoms with E-state index in [1.54, 1.807) is 0 Å². The lowest BCUT2D eigenvalue weighted by Crippen LogP contribution is -2.26. The number of fused-ring (bicyclic) bond motifs is 6. The Hall–Kier alpha value is -7.70. The van der Waals surface area contributed by atoms with Crippen LogP contribution in [0.1, 0.15) is 38.9 Å². The Kier molecular flexibility index (Phi) is 5.90. The summed E-state index contributed by atoms with van der Waals surface area (Å²) in [6.07, 6.45) is -0.00906. The molecule has 0 fully saturated rings. The first-order valence-electron chi connectivity index (χ1n) is 11.7. The molecule has 3 aromatic carbocycles. The lowest BCUT2D eigenvalue weighted by atomic mass is 9.87. The van der Waals surface area contributed by atoms with Crippen molar-refractivity contribution >= 4 is 28.5 Å². The van der Waals surface area contributed by atoms with Crippen molar-refractivity contribution in [3.8, 4) is 52.6 Å². The van der Waals surface area contributed by atoms with E-state index in [0.29, 0.717) is 22.3 Å². The van der Waals surface area contributed by atoms with Crippen molar-refractivity contribution in [2.75, 3.05) is 0 Å². The molecular formula is C32H6N10. The molecule has 2 aliphatic rings. The van der Waals surface area contributed by atoms with E-state index in [4.69, 9.17) is 32.9 Å². The van der Waals surface area contributed by atoms with Crippen LogP contribution in [0.5, 0.6) is 0 Å². The largest absolute Gasteiger partial charge is 0.269 e. The van der Waals surface area contributed by atoms with Gasteiger partial charge in [-0.2, -0.15) is 15.8 Å². The van der Waals surface area contributed by atoms with Gasteiger partial charge < -0.3 is 0 Å². The average molecular weight is 530 g/mol. The Bertz CT molecular complexity index is 2250. The third-order valence-corrected chi connectivity index (χ3v) is 7.28. The third-order valence-electron chi connectivity index (χ3n) is 7.28. The van der Waals surface area contributed by atoms with Crippen molar-refractivity contribution in [2.45, 2.75) is 12.8 Å². The number of hydrogen-bond acceptors (Lipinski definition) is 5. The summed E-state index contributed by atoms with van der Waals surface area (Å²) in [4.78, 5) is 17.3. The molecule has 0 atom stereocenters. The van der Waals surface area contributed by atoms with Crippen molar-refractivity contribution in [2.24, 2.45) is 0 Å². The van der Waals surface area contributed by atoms with Gasteiger partial charge in [-0.1, -0.05) is 11.6 Å². The molecular weight excluding hydrogens is 524 g/mol. The summed E-state index contributed by atoms with van der Waals surface area (Å²) >= 11 is 0. The minimum absolute atomic E-state index is 0.000382. The minimum atomic E-state index is -0.358. The van der Waals surface area contributed by atoms with E-state index >= 15 is 0 Å². The number of nitriles is 5. The molecule has 10 nitrogen and oxygen atoms in total. The fourth-order valence-electron chi connectivity index (χ4n) is 5.84. The fraction of sp³-hybridized carbons (Fsp3) is 0.0625. The molecule has 0 saturated heterocycles. The molecule has 10 heteroatoms. The molecule has 0 amide bonds. The fourth-order valence-corrected chi connectivity index (χ4v) is 5.84. The zero-order valence-electron chi connectivity index (χ0n) is 21.0. The summed E-state index contributed by atoms with van der Waals surface area (Å²) in [5.41, 5.74) is 0.992. The van der Waals surface area contributed by atoms with Crippen LogP contribution in [0.15, 0.2) is 12.1 Å². The van der Waals surface area contributed by atoms with Gasteiger partial charge in [-0.05, 0) is 52.3 Å². The minimum Gasteiger partial charge on any atom is -0.262 e. The maximum atomic E-state index is 10.2. The lowest BCUT2D eigenvalue weighted by Gasteiger charge is -2.15. The van der Waals surface area contributed by atoms with Crippen molar-refractivity contribution in [3.05, 3.63) is 119 Å². The Morgan fingerprint density at radius 1 is 0.595 bits per heavy atom. The van der Waals surface area contributed by atoms with Gasteiger partial charge in [0.1, 0.15) is 18.2 Å². The van der Waals surface area contributed by atoms with Gasteiger partial charge in [0.25, 0.3) is 11.4 Å². The second-order valence-electron chi connectivity index (χ2n) is 8.96. The lowest BCUT2D eigenvalue weighted by molar-refractivity contribution is 1.20. The van der Waals surface area contributed by atoms with Crippen LogP contribution in [0.2, 0.25) is 0 Å². The van der Waals surface area contributed by atoms with Crippen LogP contribution in [-0.4, -0.2) is 0 Å². The number of nitrogens with zero attached hydrogens (tertiary/aromatic N) is 10. The molecule has 42 heavy (non-hydrogen) atoms. The smallest absolute Gasteiger partial charge is 0.262 e. The van der Waals surface area contributed by atoms with Gasteiger partial charge in [-0.15, -0.1) is 0 Å². The molecule has 0 radical (unpaired) electrons. The number of rotatable bonds is 0.